The Labute approximate surface area is 83.2 Å². The zero-order chi connectivity index (χ0) is 9.80. The van der Waals surface area contributed by atoms with Crippen LogP contribution >= 0.6 is 0 Å². The lowest BCUT2D eigenvalue weighted by Crippen LogP contribution is -2.46. The van der Waals surface area contributed by atoms with Crippen molar-refractivity contribution >= 4 is 0 Å². The van der Waals surface area contributed by atoms with E-state index in [1.807, 2.05) is 6.07 Å². The van der Waals surface area contributed by atoms with Gasteiger partial charge in [0.05, 0.1) is 19.5 Å². The van der Waals surface area contributed by atoms with E-state index < -0.39 is 0 Å². The minimum Gasteiger partial charge on any atom is -0.495 e. The predicted octanol–water partition coefficient (Wildman–Crippen LogP) is 0.831. The molecule has 4 heteroatoms. The molecule has 0 aliphatic carbocycles. The first-order chi connectivity index (χ1) is 6.88. The summed E-state index contributed by atoms with van der Waals surface area (Å²) < 4.78 is 10.6. The molecule has 1 saturated heterocycles. The summed E-state index contributed by atoms with van der Waals surface area (Å²) in [5.41, 5.74) is 0. The maximum absolute atomic E-state index is 5.55. The molecule has 0 radical (unpaired) electrons. The fraction of sp³-hybridized carbons (Fsp3) is 0.500. The molecule has 1 aliphatic heterocycles. The van der Waals surface area contributed by atoms with Gasteiger partial charge in [-0.1, -0.05) is 0 Å². The monoisotopic (exact) mass is 194 g/mol. The van der Waals surface area contributed by atoms with Crippen LogP contribution in [0, 0.1) is 0 Å². The topological polar surface area (TPSA) is 43.4 Å². The van der Waals surface area contributed by atoms with Crippen molar-refractivity contribution in [1.29, 1.82) is 0 Å². The summed E-state index contributed by atoms with van der Waals surface area (Å²) in [7, 11) is 1.62. The number of rotatable bonds is 4. The number of ether oxygens (including phenoxy) is 2. The molecule has 2 rings (SSSR count). The molecule has 1 aromatic heterocycles. The molecule has 0 amide bonds. The molecular formula is C10H14N2O2. The fourth-order valence-corrected chi connectivity index (χ4v) is 1.28. The first kappa shape index (κ1) is 9.27. The van der Waals surface area contributed by atoms with Gasteiger partial charge in [0.15, 0.2) is 0 Å². The van der Waals surface area contributed by atoms with Gasteiger partial charge >= 0.3 is 0 Å². The Morgan fingerprint density at radius 2 is 2.29 bits per heavy atom. The van der Waals surface area contributed by atoms with Gasteiger partial charge in [0.2, 0.25) is 0 Å². The van der Waals surface area contributed by atoms with E-state index in [9.17, 15) is 0 Å². The lowest BCUT2D eigenvalue weighted by molar-refractivity contribution is 0.216. The highest BCUT2D eigenvalue weighted by Crippen LogP contribution is 2.17. The van der Waals surface area contributed by atoms with Crippen LogP contribution in [0.1, 0.15) is 6.42 Å². The van der Waals surface area contributed by atoms with Gasteiger partial charge in [0.1, 0.15) is 18.1 Å². The number of hydrogen-bond acceptors (Lipinski definition) is 4. The quantitative estimate of drug-likeness (QED) is 0.771. The van der Waals surface area contributed by atoms with E-state index in [0.29, 0.717) is 12.6 Å². The molecule has 0 aromatic carbocycles. The standard InChI is InChI=1S/C10H14N2O2/c1-13-9-4-10(6-11-5-9)14-7-8-2-3-12-8/h4-6,8,12H,2-3,7H2,1H3/t8-/m0/s1. The van der Waals surface area contributed by atoms with Crippen molar-refractivity contribution in [1.82, 2.24) is 10.3 Å². The van der Waals surface area contributed by atoms with Crippen LogP contribution in [0.3, 0.4) is 0 Å². The minimum atomic E-state index is 0.501. The Bertz CT molecular complexity index is 300. The Morgan fingerprint density at radius 3 is 2.93 bits per heavy atom. The van der Waals surface area contributed by atoms with Crippen molar-refractivity contribution < 1.29 is 9.47 Å². The average Bonchev–Trinajstić information content (AvgIpc) is 2.16. The highest BCUT2D eigenvalue weighted by atomic mass is 16.5. The van der Waals surface area contributed by atoms with Gasteiger partial charge in [-0.3, -0.25) is 4.98 Å². The fourth-order valence-electron chi connectivity index (χ4n) is 1.28. The zero-order valence-electron chi connectivity index (χ0n) is 8.19. The molecule has 1 aliphatic rings. The van der Waals surface area contributed by atoms with Gasteiger partial charge in [0, 0.05) is 12.1 Å². The van der Waals surface area contributed by atoms with Crippen LogP contribution in [0.4, 0.5) is 0 Å². The van der Waals surface area contributed by atoms with E-state index in [4.69, 9.17) is 9.47 Å². The smallest absolute Gasteiger partial charge is 0.141 e. The van der Waals surface area contributed by atoms with Gasteiger partial charge in [-0.2, -0.15) is 0 Å². The second-order valence-electron chi connectivity index (χ2n) is 3.31. The SMILES string of the molecule is COc1cncc(OC[C@@H]2CCN2)c1. The van der Waals surface area contributed by atoms with E-state index in [2.05, 4.69) is 10.3 Å². The van der Waals surface area contributed by atoms with Crippen LogP contribution < -0.4 is 14.8 Å². The maximum atomic E-state index is 5.55. The van der Waals surface area contributed by atoms with Crippen LogP contribution in [0.15, 0.2) is 18.5 Å². The number of nitrogens with one attached hydrogen (secondary N) is 1. The van der Waals surface area contributed by atoms with Crippen LogP contribution in [-0.2, 0) is 0 Å². The molecule has 1 fully saturated rings. The van der Waals surface area contributed by atoms with Gasteiger partial charge in [-0.15, -0.1) is 0 Å². The lowest BCUT2D eigenvalue weighted by Gasteiger charge is -2.27. The summed E-state index contributed by atoms with van der Waals surface area (Å²) >= 11 is 0. The van der Waals surface area contributed by atoms with Gasteiger partial charge in [-0.05, 0) is 13.0 Å². The summed E-state index contributed by atoms with van der Waals surface area (Å²) in [5.74, 6) is 1.49. The number of pyridine rings is 1. The van der Waals surface area contributed by atoms with Crippen LogP contribution in [0.25, 0.3) is 0 Å². The summed E-state index contributed by atoms with van der Waals surface area (Å²) in [6, 6.07) is 2.34. The summed E-state index contributed by atoms with van der Waals surface area (Å²) in [6.07, 6.45) is 4.55. The largest absolute Gasteiger partial charge is 0.495 e. The third-order valence-corrected chi connectivity index (χ3v) is 2.30. The van der Waals surface area contributed by atoms with Crippen molar-refractivity contribution in [2.75, 3.05) is 20.3 Å². The van der Waals surface area contributed by atoms with Crippen LogP contribution in [0.2, 0.25) is 0 Å². The van der Waals surface area contributed by atoms with E-state index in [0.717, 1.165) is 18.0 Å². The Hall–Kier alpha value is -1.29. The third kappa shape index (κ3) is 2.14. The number of methoxy groups -OCH3 is 1. The number of hydrogen-bond donors (Lipinski definition) is 1. The highest BCUT2D eigenvalue weighted by molar-refractivity contribution is 5.28. The van der Waals surface area contributed by atoms with Gasteiger partial charge in [-0.25, -0.2) is 0 Å². The molecule has 0 spiro atoms. The van der Waals surface area contributed by atoms with Crippen molar-refractivity contribution in [3.8, 4) is 11.5 Å². The first-order valence-corrected chi connectivity index (χ1v) is 4.73. The van der Waals surface area contributed by atoms with Crippen molar-refractivity contribution in [2.24, 2.45) is 0 Å². The molecule has 1 N–H and O–H groups in total. The molecular weight excluding hydrogens is 180 g/mol. The molecule has 1 aromatic rings. The first-order valence-electron chi connectivity index (χ1n) is 4.73. The van der Waals surface area contributed by atoms with E-state index >= 15 is 0 Å². The Kier molecular flexibility index (Phi) is 2.84. The summed E-state index contributed by atoms with van der Waals surface area (Å²) in [4.78, 5) is 4.01. The van der Waals surface area contributed by atoms with E-state index in [1.54, 1.807) is 19.5 Å². The highest BCUT2D eigenvalue weighted by Gasteiger charge is 2.16. The minimum absolute atomic E-state index is 0.501. The zero-order valence-corrected chi connectivity index (χ0v) is 8.19. The van der Waals surface area contributed by atoms with Gasteiger partial charge < -0.3 is 14.8 Å². The van der Waals surface area contributed by atoms with Gasteiger partial charge in [0.25, 0.3) is 0 Å². The number of nitrogens with zero attached hydrogens (tertiary/aromatic N) is 1. The molecule has 14 heavy (non-hydrogen) atoms. The summed E-state index contributed by atoms with van der Waals surface area (Å²) in [5, 5.41) is 3.27. The second kappa shape index (κ2) is 4.28. The van der Waals surface area contributed by atoms with Crippen LogP contribution in [0.5, 0.6) is 11.5 Å². The molecule has 0 unspecified atom stereocenters. The Morgan fingerprint density at radius 1 is 1.50 bits per heavy atom. The third-order valence-electron chi connectivity index (χ3n) is 2.30. The molecule has 4 nitrogen and oxygen atoms in total. The Balaban J connectivity index is 1.87. The molecule has 2 heterocycles. The molecule has 1 atom stereocenters. The predicted molar refractivity (Wildman–Crippen MR) is 52.7 cm³/mol. The average molecular weight is 194 g/mol. The normalized spacial score (nSPS) is 19.9. The van der Waals surface area contributed by atoms with Crippen molar-refractivity contribution in [2.45, 2.75) is 12.5 Å². The molecule has 76 valence electrons. The second-order valence-corrected chi connectivity index (χ2v) is 3.31. The van der Waals surface area contributed by atoms with Crippen molar-refractivity contribution in [3.63, 3.8) is 0 Å². The van der Waals surface area contributed by atoms with Crippen molar-refractivity contribution in [3.05, 3.63) is 18.5 Å². The summed E-state index contributed by atoms with van der Waals surface area (Å²) in [6.45, 7) is 1.80. The molecule has 0 bridgehead atoms. The maximum Gasteiger partial charge on any atom is 0.141 e. The lowest BCUT2D eigenvalue weighted by atomic mass is 10.1. The number of aromatic nitrogens is 1. The van der Waals surface area contributed by atoms with E-state index in [-0.39, 0.29) is 0 Å². The van der Waals surface area contributed by atoms with Crippen LogP contribution in [-0.4, -0.2) is 31.3 Å². The molecule has 0 saturated carbocycles. The van der Waals surface area contributed by atoms with E-state index in [1.165, 1.54) is 6.42 Å².